The number of hydrogen-bond donors (Lipinski definition) is 1. The van der Waals surface area contributed by atoms with Crippen LogP contribution >= 0.6 is 46.3 Å². The minimum Gasteiger partial charge on any atom is -0.300 e. The summed E-state index contributed by atoms with van der Waals surface area (Å²) in [7, 11) is 0. The van der Waals surface area contributed by atoms with Gasteiger partial charge in [-0.2, -0.15) is 0 Å². The standard InChI is InChI=1S/C13H15Cl2N3OS2/c1-4-5-20-12-18-17-11(21-12)16-10(19)9-7(6-8(14)15)13(9,2)3/h4,6-7,9H,1,5H2,2-3H3,(H,16,17,19)/t7-,9-/m1/s1. The number of allylic oxidation sites excluding steroid dienone is 1. The SMILES string of the molecule is C=CCSc1nnc(NC(=O)[C@H]2[C@@H](C=C(Cl)Cl)C2(C)C)s1. The predicted molar refractivity (Wildman–Crippen MR) is 90.0 cm³/mol. The lowest BCUT2D eigenvalue weighted by molar-refractivity contribution is -0.118. The molecular weight excluding hydrogens is 349 g/mol. The Bertz CT molecular complexity index is 582. The average molecular weight is 364 g/mol. The molecule has 1 aromatic heterocycles. The molecule has 0 aliphatic heterocycles. The monoisotopic (exact) mass is 363 g/mol. The molecule has 1 N–H and O–H groups in total. The second kappa shape index (κ2) is 6.69. The Labute approximate surface area is 142 Å². The average Bonchev–Trinajstić information content (AvgIpc) is 2.73. The van der Waals surface area contributed by atoms with Crippen LogP contribution in [-0.4, -0.2) is 21.9 Å². The Balaban J connectivity index is 1.97. The molecule has 1 amide bonds. The maximum absolute atomic E-state index is 12.3. The van der Waals surface area contributed by atoms with Gasteiger partial charge in [0, 0.05) is 5.75 Å². The summed E-state index contributed by atoms with van der Waals surface area (Å²) in [6, 6.07) is 0. The highest BCUT2D eigenvalue weighted by Gasteiger charge is 2.60. The fourth-order valence-corrected chi connectivity index (χ4v) is 4.04. The lowest BCUT2D eigenvalue weighted by Gasteiger charge is -2.01. The topological polar surface area (TPSA) is 54.9 Å². The summed E-state index contributed by atoms with van der Waals surface area (Å²) < 4.78 is 1.00. The van der Waals surface area contributed by atoms with Crippen molar-refractivity contribution in [1.29, 1.82) is 0 Å². The van der Waals surface area contributed by atoms with Gasteiger partial charge < -0.3 is 5.32 Å². The first-order chi connectivity index (χ1) is 9.86. The van der Waals surface area contributed by atoms with E-state index in [1.807, 2.05) is 13.8 Å². The lowest BCUT2D eigenvalue weighted by atomic mass is 10.1. The van der Waals surface area contributed by atoms with Crippen LogP contribution in [0.5, 0.6) is 0 Å². The van der Waals surface area contributed by atoms with E-state index in [9.17, 15) is 4.79 Å². The van der Waals surface area contributed by atoms with E-state index in [1.165, 1.54) is 23.1 Å². The second-order valence-corrected chi connectivity index (χ2v) is 8.50. The molecule has 8 heteroatoms. The highest BCUT2D eigenvalue weighted by atomic mass is 35.5. The Morgan fingerprint density at radius 3 is 2.86 bits per heavy atom. The zero-order valence-electron chi connectivity index (χ0n) is 11.6. The zero-order chi connectivity index (χ0) is 15.6. The Hall–Kier alpha value is -0.560. The van der Waals surface area contributed by atoms with Crippen LogP contribution in [0, 0.1) is 17.3 Å². The maximum Gasteiger partial charge on any atom is 0.230 e. The van der Waals surface area contributed by atoms with Crippen LogP contribution in [0.15, 0.2) is 27.6 Å². The number of hydrogen-bond acceptors (Lipinski definition) is 5. The van der Waals surface area contributed by atoms with Crippen molar-refractivity contribution in [3.05, 3.63) is 23.2 Å². The van der Waals surface area contributed by atoms with Crippen molar-refractivity contribution >= 4 is 57.3 Å². The molecular formula is C13H15Cl2N3OS2. The molecule has 114 valence electrons. The highest BCUT2D eigenvalue weighted by molar-refractivity contribution is 8.01. The number of thioether (sulfide) groups is 1. The summed E-state index contributed by atoms with van der Waals surface area (Å²) in [6.45, 7) is 7.68. The first-order valence-electron chi connectivity index (χ1n) is 6.27. The normalized spacial score (nSPS) is 22.5. The second-order valence-electron chi connectivity index (χ2n) is 5.24. The van der Waals surface area contributed by atoms with Gasteiger partial charge in [0.2, 0.25) is 11.0 Å². The van der Waals surface area contributed by atoms with Gasteiger partial charge in [0.05, 0.1) is 5.92 Å². The van der Waals surface area contributed by atoms with Crippen molar-refractivity contribution in [2.45, 2.75) is 18.2 Å². The van der Waals surface area contributed by atoms with Crippen LogP contribution in [-0.2, 0) is 4.79 Å². The van der Waals surface area contributed by atoms with Crippen molar-refractivity contribution < 1.29 is 4.79 Å². The predicted octanol–water partition coefficient (Wildman–Crippen LogP) is 4.35. The third kappa shape index (κ3) is 4.00. The highest BCUT2D eigenvalue weighted by Crippen LogP contribution is 2.60. The van der Waals surface area contributed by atoms with Crippen molar-refractivity contribution in [3.63, 3.8) is 0 Å². The molecule has 0 spiro atoms. The summed E-state index contributed by atoms with van der Waals surface area (Å²) in [4.78, 5) is 12.3. The van der Waals surface area contributed by atoms with Crippen LogP contribution in [0.2, 0.25) is 0 Å². The van der Waals surface area contributed by atoms with Crippen LogP contribution in [0.1, 0.15) is 13.8 Å². The Morgan fingerprint density at radius 1 is 1.52 bits per heavy atom. The van der Waals surface area contributed by atoms with E-state index < -0.39 is 0 Å². The van der Waals surface area contributed by atoms with Crippen molar-refractivity contribution in [2.75, 3.05) is 11.1 Å². The number of rotatable bonds is 6. The first-order valence-corrected chi connectivity index (χ1v) is 8.83. The van der Waals surface area contributed by atoms with E-state index in [4.69, 9.17) is 23.2 Å². The van der Waals surface area contributed by atoms with E-state index in [0.717, 1.165) is 10.1 Å². The molecule has 4 nitrogen and oxygen atoms in total. The van der Waals surface area contributed by atoms with Gasteiger partial charge in [0.15, 0.2) is 4.34 Å². The van der Waals surface area contributed by atoms with E-state index in [2.05, 4.69) is 22.1 Å². The molecule has 0 radical (unpaired) electrons. The summed E-state index contributed by atoms with van der Waals surface area (Å²) >= 11 is 14.3. The van der Waals surface area contributed by atoms with Crippen molar-refractivity contribution in [1.82, 2.24) is 10.2 Å². The zero-order valence-corrected chi connectivity index (χ0v) is 14.7. The van der Waals surface area contributed by atoms with Crippen molar-refractivity contribution in [3.8, 4) is 0 Å². The maximum atomic E-state index is 12.3. The molecule has 1 fully saturated rings. The summed E-state index contributed by atoms with van der Waals surface area (Å²) in [5.41, 5.74) is -0.149. The number of anilines is 1. The summed E-state index contributed by atoms with van der Waals surface area (Å²) in [5.74, 6) is 0.578. The van der Waals surface area contributed by atoms with E-state index >= 15 is 0 Å². The summed E-state index contributed by atoms with van der Waals surface area (Å²) in [6.07, 6.45) is 3.52. The quantitative estimate of drug-likeness (QED) is 0.463. The molecule has 1 aliphatic rings. The molecule has 0 saturated heterocycles. The van der Waals surface area contributed by atoms with Gasteiger partial charge in [-0.15, -0.1) is 16.8 Å². The van der Waals surface area contributed by atoms with Gasteiger partial charge in [-0.25, -0.2) is 0 Å². The number of aromatic nitrogens is 2. The van der Waals surface area contributed by atoms with E-state index in [1.54, 1.807) is 12.2 Å². The number of nitrogens with one attached hydrogen (secondary N) is 1. The van der Waals surface area contributed by atoms with Crippen LogP contribution < -0.4 is 5.32 Å². The van der Waals surface area contributed by atoms with Gasteiger partial charge >= 0.3 is 0 Å². The fourth-order valence-electron chi connectivity index (χ4n) is 2.26. The Morgan fingerprint density at radius 2 is 2.24 bits per heavy atom. The number of amides is 1. The van der Waals surface area contributed by atoms with Crippen molar-refractivity contribution in [2.24, 2.45) is 17.3 Å². The minimum atomic E-state index is -0.154. The van der Waals surface area contributed by atoms with Gasteiger partial charge in [0.1, 0.15) is 4.49 Å². The number of carbonyl (C=O) groups excluding carboxylic acids is 1. The van der Waals surface area contributed by atoms with Gasteiger partial charge in [0.25, 0.3) is 0 Å². The molecule has 1 heterocycles. The van der Waals surface area contributed by atoms with Gasteiger partial charge in [-0.1, -0.05) is 66.2 Å². The molecule has 1 aliphatic carbocycles. The number of carbonyl (C=O) groups is 1. The van der Waals surface area contributed by atoms with Gasteiger partial charge in [-0.3, -0.25) is 4.79 Å². The minimum absolute atomic E-state index is 0.0463. The largest absolute Gasteiger partial charge is 0.300 e. The first kappa shape index (κ1) is 16.8. The van der Waals surface area contributed by atoms with Crippen LogP contribution in [0.25, 0.3) is 0 Å². The molecule has 2 rings (SSSR count). The molecule has 1 saturated carbocycles. The Kier molecular flexibility index (Phi) is 5.35. The molecule has 2 atom stereocenters. The molecule has 0 bridgehead atoms. The van der Waals surface area contributed by atoms with Crippen LogP contribution in [0.4, 0.5) is 5.13 Å². The van der Waals surface area contributed by atoms with Crippen LogP contribution in [0.3, 0.4) is 0 Å². The smallest absolute Gasteiger partial charge is 0.230 e. The molecule has 1 aromatic rings. The number of halogens is 2. The molecule has 0 unspecified atom stereocenters. The fraction of sp³-hybridized carbons (Fsp3) is 0.462. The summed E-state index contributed by atoms with van der Waals surface area (Å²) in [5, 5.41) is 11.3. The van der Waals surface area contributed by atoms with Gasteiger partial charge in [-0.05, 0) is 17.4 Å². The third-order valence-corrected chi connectivity index (χ3v) is 5.68. The van der Waals surface area contributed by atoms with E-state index in [0.29, 0.717) is 5.13 Å². The van der Waals surface area contributed by atoms with E-state index in [-0.39, 0.29) is 27.6 Å². The lowest BCUT2D eigenvalue weighted by Crippen LogP contribution is -2.16. The third-order valence-electron chi connectivity index (χ3n) is 3.46. The molecule has 0 aromatic carbocycles. The molecule has 21 heavy (non-hydrogen) atoms. The number of nitrogens with zero attached hydrogens (tertiary/aromatic N) is 2.